The third-order valence-electron chi connectivity index (χ3n) is 2.52. The highest BCUT2D eigenvalue weighted by atomic mass is 35.5. The maximum Gasteiger partial charge on any atom is 0.224 e. The average Bonchev–Trinajstić information content (AvgIpc) is 2.29. The first-order valence-electron chi connectivity index (χ1n) is 6.25. The Labute approximate surface area is 118 Å². The molecule has 0 saturated carbocycles. The summed E-state index contributed by atoms with van der Waals surface area (Å²) in [5.74, 6) is 0.197. The summed E-state index contributed by atoms with van der Waals surface area (Å²) < 4.78 is 0. The summed E-state index contributed by atoms with van der Waals surface area (Å²) in [5, 5.41) is 5.94. The second kappa shape index (κ2) is 7.14. The van der Waals surface area contributed by atoms with Crippen molar-refractivity contribution in [1.82, 2.24) is 0 Å². The van der Waals surface area contributed by atoms with E-state index < -0.39 is 0 Å². The van der Waals surface area contributed by atoms with Gasteiger partial charge in [0, 0.05) is 18.4 Å². The van der Waals surface area contributed by atoms with Gasteiger partial charge >= 0.3 is 0 Å². The number of hydrogen-bond acceptors (Lipinski definition) is 2. The molecule has 2 N–H and O–H groups in total. The third-order valence-corrected chi connectivity index (χ3v) is 2.75. The lowest BCUT2D eigenvalue weighted by molar-refractivity contribution is -0.116. The fraction of sp³-hybridized carbons (Fsp3) is 0.429. The SMILES string of the molecule is CC(=O)Nc1ccc(Cl)cc1NC(=O)CCC(C)C. The summed E-state index contributed by atoms with van der Waals surface area (Å²) >= 11 is 5.90. The first-order chi connectivity index (χ1) is 8.88. The van der Waals surface area contributed by atoms with E-state index in [9.17, 15) is 9.59 Å². The minimum atomic E-state index is -0.194. The Bertz CT molecular complexity index is 473. The van der Waals surface area contributed by atoms with Crippen LogP contribution in [0.1, 0.15) is 33.6 Å². The van der Waals surface area contributed by atoms with E-state index in [0.29, 0.717) is 28.7 Å². The number of rotatable bonds is 5. The number of carbonyl (C=O) groups excluding carboxylic acids is 2. The maximum absolute atomic E-state index is 11.8. The summed E-state index contributed by atoms with van der Waals surface area (Å²) in [6.45, 7) is 5.55. The van der Waals surface area contributed by atoms with Crippen molar-refractivity contribution in [3.05, 3.63) is 23.2 Å². The Morgan fingerprint density at radius 3 is 2.47 bits per heavy atom. The molecule has 0 unspecified atom stereocenters. The molecule has 0 atom stereocenters. The minimum absolute atomic E-state index is 0.0810. The normalized spacial score (nSPS) is 10.4. The number of benzene rings is 1. The zero-order valence-corrected chi connectivity index (χ0v) is 12.2. The molecule has 0 fully saturated rings. The van der Waals surface area contributed by atoms with Crippen LogP contribution in [0.15, 0.2) is 18.2 Å². The summed E-state index contributed by atoms with van der Waals surface area (Å²) in [5.41, 5.74) is 1.08. The van der Waals surface area contributed by atoms with Crippen LogP contribution in [0.3, 0.4) is 0 Å². The molecule has 0 saturated heterocycles. The van der Waals surface area contributed by atoms with E-state index in [1.807, 2.05) is 0 Å². The number of nitrogens with one attached hydrogen (secondary N) is 2. The van der Waals surface area contributed by atoms with E-state index in [0.717, 1.165) is 6.42 Å². The molecule has 19 heavy (non-hydrogen) atoms. The van der Waals surface area contributed by atoms with Gasteiger partial charge in [-0.05, 0) is 30.5 Å². The first-order valence-corrected chi connectivity index (χ1v) is 6.63. The van der Waals surface area contributed by atoms with E-state index in [1.54, 1.807) is 18.2 Å². The zero-order valence-electron chi connectivity index (χ0n) is 11.4. The van der Waals surface area contributed by atoms with Crippen molar-refractivity contribution in [3.63, 3.8) is 0 Å². The van der Waals surface area contributed by atoms with E-state index in [-0.39, 0.29) is 11.8 Å². The van der Waals surface area contributed by atoms with Crippen molar-refractivity contribution in [2.45, 2.75) is 33.6 Å². The molecule has 0 heterocycles. The Hall–Kier alpha value is -1.55. The molecule has 0 aromatic heterocycles. The van der Waals surface area contributed by atoms with E-state index in [1.165, 1.54) is 6.92 Å². The van der Waals surface area contributed by atoms with Crippen LogP contribution >= 0.6 is 11.6 Å². The molecule has 1 aromatic rings. The van der Waals surface area contributed by atoms with Gasteiger partial charge in [-0.1, -0.05) is 25.4 Å². The lowest BCUT2D eigenvalue weighted by atomic mass is 10.1. The Morgan fingerprint density at radius 2 is 1.89 bits per heavy atom. The molecule has 1 aromatic carbocycles. The van der Waals surface area contributed by atoms with Crippen LogP contribution < -0.4 is 10.6 Å². The predicted octanol–water partition coefficient (Wildman–Crippen LogP) is 3.67. The number of hydrogen-bond donors (Lipinski definition) is 2. The molecule has 0 radical (unpaired) electrons. The lowest BCUT2D eigenvalue weighted by Crippen LogP contribution is -2.15. The molecule has 0 aliphatic carbocycles. The Balaban J connectivity index is 2.77. The maximum atomic E-state index is 11.8. The Kier molecular flexibility index (Phi) is 5.83. The molecule has 0 aliphatic rings. The van der Waals surface area contributed by atoms with Crippen LogP contribution in [0.5, 0.6) is 0 Å². The number of anilines is 2. The topological polar surface area (TPSA) is 58.2 Å². The molecule has 104 valence electrons. The van der Waals surface area contributed by atoms with Crippen LogP contribution in [-0.2, 0) is 9.59 Å². The van der Waals surface area contributed by atoms with E-state index in [4.69, 9.17) is 11.6 Å². The van der Waals surface area contributed by atoms with Gasteiger partial charge in [0.2, 0.25) is 11.8 Å². The van der Waals surface area contributed by atoms with Crippen LogP contribution in [-0.4, -0.2) is 11.8 Å². The quantitative estimate of drug-likeness (QED) is 0.865. The molecule has 0 spiro atoms. The van der Waals surface area contributed by atoms with Crippen molar-refractivity contribution in [2.24, 2.45) is 5.92 Å². The highest BCUT2D eigenvalue weighted by Crippen LogP contribution is 2.26. The van der Waals surface area contributed by atoms with Gasteiger partial charge in [-0.15, -0.1) is 0 Å². The third kappa shape index (κ3) is 5.75. The molecule has 1 rings (SSSR count). The lowest BCUT2D eigenvalue weighted by Gasteiger charge is -2.12. The fourth-order valence-electron chi connectivity index (χ4n) is 1.55. The van der Waals surface area contributed by atoms with Crippen LogP contribution in [0.2, 0.25) is 5.02 Å². The molecule has 5 heteroatoms. The van der Waals surface area contributed by atoms with Gasteiger partial charge in [0.15, 0.2) is 0 Å². The van der Waals surface area contributed by atoms with Crippen molar-refractivity contribution < 1.29 is 9.59 Å². The molecular weight excluding hydrogens is 264 g/mol. The van der Waals surface area contributed by atoms with Gasteiger partial charge in [0.1, 0.15) is 0 Å². The van der Waals surface area contributed by atoms with Crippen molar-refractivity contribution in [2.75, 3.05) is 10.6 Å². The van der Waals surface area contributed by atoms with E-state index >= 15 is 0 Å². The van der Waals surface area contributed by atoms with Crippen LogP contribution in [0.25, 0.3) is 0 Å². The second-order valence-corrected chi connectivity index (χ2v) is 5.29. The minimum Gasteiger partial charge on any atom is -0.325 e. The highest BCUT2D eigenvalue weighted by Gasteiger charge is 2.09. The van der Waals surface area contributed by atoms with Gasteiger partial charge in [-0.2, -0.15) is 0 Å². The van der Waals surface area contributed by atoms with Gasteiger partial charge in [-0.3, -0.25) is 9.59 Å². The summed E-state index contributed by atoms with van der Waals surface area (Å²) in [6, 6.07) is 4.96. The number of amides is 2. The number of carbonyl (C=O) groups is 2. The van der Waals surface area contributed by atoms with E-state index in [2.05, 4.69) is 24.5 Å². The standard InChI is InChI=1S/C14H19ClN2O2/c1-9(2)4-7-14(19)17-13-8-11(15)5-6-12(13)16-10(3)18/h5-6,8-9H,4,7H2,1-3H3,(H,16,18)(H,17,19). The Morgan fingerprint density at radius 1 is 1.21 bits per heavy atom. The molecule has 0 aliphatic heterocycles. The van der Waals surface area contributed by atoms with Gasteiger partial charge in [-0.25, -0.2) is 0 Å². The fourth-order valence-corrected chi connectivity index (χ4v) is 1.72. The monoisotopic (exact) mass is 282 g/mol. The molecule has 2 amide bonds. The van der Waals surface area contributed by atoms with Crippen molar-refractivity contribution in [1.29, 1.82) is 0 Å². The van der Waals surface area contributed by atoms with Crippen molar-refractivity contribution in [3.8, 4) is 0 Å². The molecule has 4 nitrogen and oxygen atoms in total. The van der Waals surface area contributed by atoms with Crippen LogP contribution in [0, 0.1) is 5.92 Å². The van der Waals surface area contributed by atoms with Gasteiger partial charge in [0.25, 0.3) is 0 Å². The summed E-state index contributed by atoms with van der Waals surface area (Å²) in [4.78, 5) is 22.9. The largest absolute Gasteiger partial charge is 0.325 e. The van der Waals surface area contributed by atoms with Gasteiger partial charge in [0.05, 0.1) is 11.4 Å². The predicted molar refractivity (Wildman–Crippen MR) is 78.5 cm³/mol. The highest BCUT2D eigenvalue weighted by molar-refractivity contribution is 6.31. The second-order valence-electron chi connectivity index (χ2n) is 4.85. The first kappa shape index (κ1) is 15.5. The van der Waals surface area contributed by atoms with Crippen LogP contribution in [0.4, 0.5) is 11.4 Å². The molecule has 0 bridgehead atoms. The molecular formula is C14H19ClN2O2. The summed E-state index contributed by atoms with van der Waals surface area (Å²) in [6.07, 6.45) is 1.27. The number of halogens is 1. The smallest absolute Gasteiger partial charge is 0.224 e. The zero-order chi connectivity index (χ0) is 14.4. The van der Waals surface area contributed by atoms with Gasteiger partial charge < -0.3 is 10.6 Å². The average molecular weight is 283 g/mol. The van der Waals surface area contributed by atoms with Crippen molar-refractivity contribution >= 4 is 34.8 Å². The summed E-state index contributed by atoms with van der Waals surface area (Å²) in [7, 11) is 0.